The summed E-state index contributed by atoms with van der Waals surface area (Å²) < 4.78 is 21.8. The summed E-state index contributed by atoms with van der Waals surface area (Å²) in [4.78, 5) is 98.4. The number of nitrogens with zero attached hydrogens (tertiary/aromatic N) is 2. The molecule has 0 aromatic heterocycles. The van der Waals surface area contributed by atoms with Crippen LogP contribution in [-0.2, 0) is 48.3 Å². The first-order chi connectivity index (χ1) is 34.8. The maximum atomic E-state index is 14.7. The molecule has 380 valence electrons. The van der Waals surface area contributed by atoms with Gasteiger partial charge in [0, 0.05) is 29.6 Å². The minimum Gasteiger partial charge on any atom is -0.453 e. The fourth-order valence-corrected chi connectivity index (χ4v) is 10.8. The summed E-state index contributed by atoms with van der Waals surface area (Å²) in [5, 5.41) is 11.4. The Morgan fingerprint density at radius 3 is 1.58 bits per heavy atom. The molecule has 0 saturated carbocycles. The second kappa shape index (κ2) is 22.5. The van der Waals surface area contributed by atoms with Crippen molar-refractivity contribution in [2.75, 3.05) is 51.2 Å². The van der Waals surface area contributed by atoms with Crippen LogP contribution in [0.25, 0.3) is 11.1 Å². The molecule has 3 aliphatic heterocycles. The van der Waals surface area contributed by atoms with Crippen LogP contribution in [0.3, 0.4) is 0 Å². The SMILES string of the molecule is CCCCCC1(CCCCC)c2cc(NC(=O)[C@@H]3CC(=O)CN3C(=O)[C@H](NC(=O)OC)c3ccccc3)ccc2-c2ccc(NC(=O)[C@@H]3CC4(CN3C(=O)[C@H](NC(=O)OC)c3ccccc3)OCCO4)cc21. The molecule has 17 heteroatoms. The number of Topliss-reactive ketones (excluding diaryl/α,β-unsaturated/α-hetero) is 1. The van der Waals surface area contributed by atoms with Crippen molar-refractivity contribution >= 4 is 53.0 Å². The number of methoxy groups -OCH3 is 2. The number of nitrogens with one attached hydrogen (secondary N) is 4. The van der Waals surface area contributed by atoms with Gasteiger partial charge in [0.05, 0.1) is 40.5 Å². The van der Waals surface area contributed by atoms with E-state index in [2.05, 4.69) is 35.1 Å². The Bertz CT molecular complexity index is 2650. The summed E-state index contributed by atoms with van der Waals surface area (Å²) in [5.41, 5.74) is 5.57. The molecule has 4 aromatic rings. The summed E-state index contributed by atoms with van der Waals surface area (Å²) in [5.74, 6) is -3.60. The van der Waals surface area contributed by atoms with Crippen LogP contribution in [0, 0.1) is 0 Å². The van der Waals surface area contributed by atoms with Gasteiger partial charge in [-0.3, -0.25) is 24.0 Å². The monoisotopic (exact) mass is 984 g/mol. The quantitative estimate of drug-likeness (QED) is 0.0710. The van der Waals surface area contributed by atoms with Crippen molar-refractivity contribution in [1.82, 2.24) is 20.4 Å². The van der Waals surface area contributed by atoms with Gasteiger partial charge in [-0.2, -0.15) is 0 Å². The van der Waals surface area contributed by atoms with Gasteiger partial charge in [0.25, 0.3) is 11.8 Å². The molecule has 8 rings (SSSR count). The van der Waals surface area contributed by atoms with Crippen LogP contribution in [0.4, 0.5) is 21.0 Å². The van der Waals surface area contributed by atoms with Gasteiger partial charge in [0.2, 0.25) is 11.8 Å². The lowest BCUT2D eigenvalue weighted by Crippen LogP contribution is -2.49. The van der Waals surface area contributed by atoms with E-state index in [4.69, 9.17) is 18.9 Å². The van der Waals surface area contributed by atoms with Gasteiger partial charge in [-0.15, -0.1) is 0 Å². The molecule has 6 amide bonds. The van der Waals surface area contributed by atoms with Gasteiger partial charge in [0.1, 0.15) is 24.2 Å². The molecule has 0 unspecified atom stereocenters. The number of ketones is 1. The van der Waals surface area contributed by atoms with Crippen LogP contribution >= 0.6 is 0 Å². The molecule has 1 aliphatic carbocycles. The summed E-state index contributed by atoms with van der Waals surface area (Å²) in [7, 11) is 2.41. The Hall–Kier alpha value is -7.11. The minimum absolute atomic E-state index is 0.0291. The number of ether oxygens (including phenoxy) is 4. The molecule has 72 heavy (non-hydrogen) atoms. The zero-order valence-electron chi connectivity index (χ0n) is 41.3. The van der Waals surface area contributed by atoms with E-state index in [1.807, 2.05) is 36.4 Å². The number of hydrogen-bond acceptors (Lipinski definition) is 11. The molecular weight excluding hydrogens is 921 g/mol. The predicted molar refractivity (Wildman–Crippen MR) is 268 cm³/mol. The number of hydrogen-bond donors (Lipinski definition) is 4. The molecule has 0 radical (unpaired) electrons. The molecule has 17 nitrogen and oxygen atoms in total. The zero-order valence-corrected chi connectivity index (χ0v) is 41.3. The highest BCUT2D eigenvalue weighted by Crippen LogP contribution is 2.55. The summed E-state index contributed by atoms with van der Waals surface area (Å²) >= 11 is 0. The highest BCUT2D eigenvalue weighted by atomic mass is 16.7. The Morgan fingerprint density at radius 1 is 0.639 bits per heavy atom. The minimum atomic E-state index is -1.20. The fourth-order valence-electron chi connectivity index (χ4n) is 10.8. The Labute approximate surface area is 419 Å². The van der Waals surface area contributed by atoms with Crippen molar-refractivity contribution in [2.45, 2.75) is 113 Å². The van der Waals surface area contributed by atoms with Gasteiger partial charge in [0.15, 0.2) is 11.6 Å². The van der Waals surface area contributed by atoms with Crippen molar-refractivity contribution in [3.8, 4) is 11.1 Å². The van der Waals surface area contributed by atoms with Gasteiger partial charge in [-0.05, 0) is 70.5 Å². The van der Waals surface area contributed by atoms with E-state index in [-0.39, 0.29) is 31.7 Å². The van der Waals surface area contributed by atoms with Gasteiger partial charge >= 0.3 is 12.2 Å². The van der Waals surface area contributed by atoms with E-state index in [0.29, 0.717) is 35.7 Å². The van der Waals surface area contributed by atoms with Crippen LogP contribution in [0.15, 0.2) is 97.1 Å². The molecular formula is C55H64N6O11. The number of fused-ring (bicyclic) bond motifs is 3. The molecule has 4 aromatic carbocycles. The smallest absolute Gasteiger partial charge is 0.407 e. The van der Waals surface area contributed by atoms with Crippen LogP contribution in [0.5, 0.6) is 0 Å². The fraction of sp³-hybridized carbons (Fsp3) is 0.436. The molecule has 3 fully saturated rings. The van der Waals surface area contributed by atoms with E-state index in [1.165, 1.54) is 24.0 Å². The zero-order chi connectivity index (χ0) is 51.0. The third-order valence-electron chi connectivity index (χ3n) is 14.4. The number of amides is 6. The highest BCUT2D eigenvalue weighted by molar-refractivity contribution is 6.05. The third kappa shape index (κ3) is 10.7. The first kappa shape index (κ1) is 51.3. The summed E-state index contributed by atoms with van der Waals surface area (Å²) in [6, 6.07) is 24.6. The predicted octanol–water partition coefficient (Wildman–Crippen LogP) is 7.70. The largest absolute Gasteiger partial charge is 0.453 e. The normalized spacial score (nSPS) is 19.0. The number of likely N-dealkylation sites (tertiary alicyclic amines) is 2. The number of carbonyl (C=O) groups excluding carboxylic acids is 7. The van der Waals surface area contributed by atoms with Crippen molar-refractivity contribution in [2.24, 2.45) is 0 Å². The number of rotatable bonds is 18. The maximum Gasteiger partial charge on any atom is 0.407 e. The first-order valence-electron chi connectivity index (χ1n) is 24.9. The molecule has 3 saturated heterocycles. The number of anilines is 2. The van der Waals surface area contributed by atoms with Crippen molar-refractivity contribution < 1.29 is 52.5 Å². The third-order valence-corrected chi connectivity index (χ3v) is 14.4. The average molecular weight is 985 g/mol. The topological polar surface area (TPSA) is 211 Å². The van der Waals surface area contributed by atoms with Gasteiger partial charge in [-0.1, -0.05) is 125 Å². The second-order valence-electron chi connectivity index (χ2n) is 19.0. The Kier molecular flexibility index (Phi) is 16.0. The first-order valence-corrected chi connectivity index (χ1v) is 24.9. The maximum absolute atomic E-state index is 14.7. The van der Waals surface area contributed by atoms with Crippen LogP contribution < -0.4 is 21.3 Å². The second-order valence-corrected chi connectivity index (χ2v) is 19.0. The average Bonchev–Trinajstić information content (AvgIpc) is 4.19. The van der Waals surface area contributed by atoms with E-state index in [1.54, 1.807) is 60.7 Å². The van der Waals surface area contributed by atoms with E-state index in [9.17, 15) is 33.6 Å². The van der Waals surface area contributed by atoms with Gasteiger partial charge < -0.3 is 50.0 Å². The van der Waals surface area contributed by atoms with E-state index < -0.39 is 71.2 Å². The lowest BCUT2D eigenvalue weighted by atomic mass is 9.70. The van der Waals surface area contributed by atoms with Crippen LogP contribution in [0.1, 0.15) is 112 Å². The highest BCUT2D eigenvalue weighted by Gasteiger charge is 2.54. The molecule has 1 spiro atoms. The Morgan fingerprint density at radius 2 is 1.11 bits per heavy atom. The van der Waals surface area contributed by atoms with Gasteiger partial charge in [-0.25, -0.2) is 9.59 Å². The molecule has 3 heterocycles. The van der Waals surface area contributed by atoms with E-state index >= 15 is 0 Å². The number of alkyl carbamates (subject to hydrolysis) is 2. The summed E-state index contributed by atoms with van der Waals surface area (Å²) in [6.45, 7) is 4.60. The lowest BCUT2D eigenvalue weighted by Gasteiger charge is -2.33. The van der Waals surface area contributed by atoms with Crippen LogP contribution in [0.2, 0.25) is 0 Å². The van der Waals surface area contributed by atoms with Crippen molar-refractivity contribution in [3.63, 3.8) is 0 Å². The van der Waals surface area contributed by atoms with Crippen LogP contribution in [-0.4, -0.2) is 110 Å². The Balaban J connectivity index is 1.09. The van der Waals surface area contributed by atoms with Crippen molar-refractivity contribution in [1.29, 1.82) is 0 Å². The molecule has 0 bridgehead atoms. The number of benzene rings is 4. The number of unbranched alkanes of at least 4 members (excludes halogenated alkanes) is 4. The lowest BCUT2D eigenvalue weighted by molar-refractivity contribution is -0.153. The number of carbonyl (C=O) groups is 7. The molecule has 4 aliphatic rings. The van der Waals surface area contributed by atoms with E-state index in [0.717, 1.165) is 73.6 Å². The molecule has 4 N–H and O–H groups in total. The standard InChI is InChI=1S/C55H64N6O11/c1-5-7-15-25-54(26-16-8-6-2)42-29-37(56-48(63)44-31-39(62)33-60(44)50(65)46(58-52(67)69-3)35-17-11-9-12-18-35)21-23-40(42)41-24-22-38(30-43(41)54)57-49(64)45-32-55(71-27-28-72-55)34-61(45)51(66)47(59-53(68)70-4)36-19-13-10-14-20-36/h9-14,17-24,29-30,44-47H,5-8,15-16,25-28,31-34H2,1-4H3,(H,56,63)(H,57,64)(H,58,67)(H,59,68)/t44-,45-,46+,47+/m0/s1. The summed E-state index contributed by atoms with van der Waals surface area (Å²) in [6.07, 6.45) is 5.66. The van der Waals surface area contributed by atoms with Crippen molar-refractivity contribution in [3.05, 3.63) is 119 Å². The molecule has 4 atom stereocenters.